The van der Waals surface area contributed by atoms with Crippen LogP contribution >= 0.6 is 0 Å². The summed E-state index contributed by atoms with van der Waals surface area (Å²) in [5.74, 6) is 0. The van der Waals surface area contributed by atoms with E-state index in [4.69, 9.17) is 17.7 Å². The van der Waals surface area contributed by atoms with Crippen LogP contribution in [0.2, 0.25) is 0 Å². The predicted octanol–water partition coefficient (Wildman–Crippen LogP) is 16.0. The molecule has 0 saturated heterocycles. The Morgan fingerprint density at radius 1 is 0.207 bits per heavy atom. The fourth-order valence-corrected chi connectivity index (χ4v) is 9.05. The third-order valence-electron chi connectivity index (χ3n) is 11.9. The third kappa shape index (κ3) is 4.63. The largest absolute Gasteiger partial charge is 0.456 e. The highest BCUT2D eigenvalue weighted by Crippen LogP contribution is 2.44. The fraction of sp³-hybridized carbons (Fsp3) is 0. The van der Waals surface area contributed by atoms with Gasteiger partial charge in [0.05, 0.1) is 10.8 Å². The van der Waals surface area contributed by atoms with Crippen LogP contribution in [0.1, 0.15) is 0 Å². The van der Waals surface area contributed by atoms with Crippen molar-refractivity contribution in [2.45, 2.75) is 0 Å². The molecule has 0 aliphatic rings. The second-order valence-electron chi connectivity index (χ2n) is 15.2. The van der Waals surface area contributed by atoms with Gasteiger partial charge in [0.1, 0.15) is 44.7 Å². The first-order valence-electron chi connectivity index (χ1n) is 19.5. The van der Waals surface area contributed by atoms with Crippen molar-refractivity contribution < 1.29 is 17.7 Å². The minimum Gasteiger partial charge on any atom is -0.456 e. The van der Waals surface area contributed by atoms with Gasteiger partial charge in [0.15, 0.2) is 0 Å². The Labute approximate surface area is 330 Å². The second kappa shape index (κ2) is 11.8. The number of benzene rings is 9. The van der Waals surface area contributed by atoms with Crippen molar-refractivity contribution in [1.29, 1.82) is 0 Å². The molecular weight excluding hydrogens is 713 g/mol. The van der Waals surface area contributed by atoms with E-state index in [9.17, 15) is 0 Å². The minimum atomic E-state index is 0.812. The van der Waals surface area contributed by atoms with Gasteiger partial charge >= 0.3 is 0 Å². The molecule has 0 fully saturated rings. The first-order chi connectivity index (χ1) is 28.7. The van der Waals surface area contributed by atoms with Gasteiger partial charge in [-0.3, -0.25) is 0 Å². The number of fused-ring (bicyclic) bond motifs is 14. The SMILES string of the molecule is c1ccc(-c2ccc3oc4c(ccc5oc6ccc(-c7cccc(-c8ccc9oc%10ccc%11c%12cc(-c%13ccccc%13)ccc%12oc%11c%10c9c8)c7)cc6c54)c3c2)cc1. The molecule has 13 rings (SSSR count). The van der Waals surface area contributed by atoms with Gasteiger partial charge in [0.25, 0.3) is 0 Å². The normalized spacial score (nSPS) is 12.1. The van der Waals surface area contributed by atoms with Crippen LogP contribution in [-0.2, 0) is 0 Å². The molecule has 0 atom stereocenters. The topological polar surface area (TPSA) is 52.6 Å². The quantitative estimate of drug-likeness (QED) is 0.180. The number of furan rings is 4. The van der Waals surface area contributed by atoms with Gasteiger partial charge in [0.2, 0.25) is 0 Å². The first kappa shape index (κ1) is 31.4. The standard InChI is InChI=1S/C54H30O4/c1-3-8-31(9-4-1)35-14-20-45-41(27-35)39-18-24-49-51(53(39)57-45)43-29-37(16-22-47(43)55-49)33-12-7-13-34(26-33)38-17-23-48-44(30-38)52-50(56-48)25-19-40-42-28-36(32-10-5-2-6-11-32)15-21-46(42)58-54(40)52/h1-30H. The molecule has 9 aromatic carbocycles. The van der Waals surface area contributed by atoms with Gasteiger partial charge in [-0.15, -0.1) is 0 Å². The highest BCUT2D eigenvalue weighted by atomic mass is 16.4. The van der Waals surface area contributed by atoms with Gasteiger partial charge in [-0.2, -0.15) is 0 Å². The lowest BCUT2D eigenvalue weighted by Crippen LogP contribution is -1.82. The zero-order chi connectivity index (χ0) is 37.9. The summed E-state index contributed by atoms with van der Waals surface area (Å²) in [5, 5.41) is 8.39. The van der Waals surface area contributed by atoms with Crippen molar-refractivity contribution >= 4 is 87.8 Å². The molecule has 0 spiro atoms. The van der Waals surface area contributed by atoms with Crippen LogP contribution < -0.4 is 0 Å². The summed E-state index contributed by atoms with van der Waals surface area (Å²) < 4.78 is 26.0. The lowest BCUT2D eigenvalue weighted by molar-refractivity contribution is 0.662. The molecule has 4 heterocycles. The van der Waals surface area contributed by atoms with E-state index in [-0.39, 0.29) is 0 Å². The van der Waals surface area contributed by atoms with E-state index in [2.05, 4.69) is 170 Å². The predicted molar refractivity (Wildman–Crippen MR) is 237 cm³/mol. The zero-order valence-corrected chi connectivity index (χ0v) is 31.0. The number of hydrogen-bond acceptors (Lipinski definition) is 4. The lowest BCUT2D eigenvalue weighted by atomic mass is 9.96. The van der Waals surface area contributed by atoms with E-state index in [1.165, 1.54) is 11.1 Å². The molecule has 4 heteroatoms. The summed E-state index contributed by atoms with van der Waals surface area (Å²) in [5.41, 5.74) is 15.8. The molecule has 0 saturated carbocycles. The van der Waals surface area contributed by atoms with Crippen LogP contribution in [0.5, 0.6) is 0 Å². The Kier molecular flexibility index (Phi) is 6.41. The molecule has 4 nitrogen and oxygen atoms in total. The summed E-state index contributed by atoms with van der Waals surface area (Å²) in [6, 6.07) is 63.8. The lowest BCUT2D eigenvalue weighted by Gasteiger charge is -2.07. The van der Waals surface area contributed by atoms with E-state index in [1.54, 1.807) is 0 Å². The summed E-state index contributed by atoms with van der Waals surface area (Å²) >= 11 is 0. The summed E-state index contributed by atoms with van der Waals surface area (Å²) in [7, 11) is 0. The van der Waals surface area contributed by atoms with Gasteiger partial charge in [0, 0.05) is 32.3 Å². The Morgan fingerprint density at radius 3 is 1.00 bits per heavy atom. The maximum Gasteiger partial charge on any atom is 0.147 e. The minimum absolute atomic E-state index is 0.812. The molecule has 0 radical (unpaired) electrons. The van der Waals surface area contributed by atoms with Crippen molar-refractivity contribution in [3.63, 3.8) is 0 Å². The highest BCUT2D eigenvalue weighted by molar-refractivity contribution is 6.24. The Morgan fingerprint density at radius 2 is 0.552 bits per heavy atom. The molecule has 58 heavy (non-hydrogen) atoms. The third-order valence-corrected chi connectivity index (χ3v) is 11.9. The zero-order valence-electron chi connectivity index (χ0n) is 31.0. The van der Waals surface area contributed by atoms with Gasteiger partial charge in [-0.05, 0) is 123 Å². The van der Waals surface area contributed by atoms with Crippen LogP contribution in [0.4, 0.5) is 0 Å². The average molecular weight is 743 g/mol. The van der Waals surface area contributed by atoms with Crippen LogP contribution in [0.25, 0.3) is 132 Å². The van der Waals surface area contributed by atoms with Crippen LogP contribution in [0.15, 0.2) is 200 Å². The number of rotatable bonds is 4. The Bertz CT molecular complexity index is 3540. The molecule has 0 amide bonds. The van der Waals surface area contributed by atoms with Crippen molar-refractivity contribution in [3.8, 4) is 44.5 Å². The van der Waals surface area contributed by atoms with Gasteiger partial charge < -0.3 is 17.7 Å². The van der Waals surface area contributed by atoms with Crippen molar-refractivity contribution in [2.75, 3.05) is 0 Å². The smallest absolute Gasteiger partial charge is 0.147 e. The Hall–Kier alpha value is -7.82. The molecule has 13 aromatic rings. The molecule has 0 unspecified atom stereocenters. The van der Waals surface area contributed by atoms with Gasteiger partial charge in [-0.1, -0.05) is 103 Å². The summed E-state index contributed by atoms with van der Waals surface area (Å²) in [6.07, 6.45) is 0. The highest BCUT2D eigenvalue weighted by Gasteiger charge is 2.20. The number of hydrogen-bond donors (Lipinski definition) is 0. The molecule has 0 bridgehead atoms. The van der Waals surface area contributed by atoms with Crippen LogP contribution in [0, 0.1) is 0 Å². The summed E-state index contributed by atoms with van der Waals surface area (Å²) in [4.78, 5) is 0. The van der Waals surface area contributed by atoms with Crippen molar-refractivity contribution in [1.82, 2.24) is 0 Å². The van der Waals surface area contributed by atoms with Crippen LogP contribution in [0.3, 0.4) is 0 Å². The van der Waals surface area contributed by atoms with E-state index in [1.807, 2.05) is 12.1 Å². The van der Waals surface area contributed by atoms with Crippen molar-refractivity contribution in [3.05, 3.63) is 182 Å². The molecule has 270 valence electrons. The van der Waals surface area contributed by atoms with Crippen molar-refractivity contribution in [2.24, 2.45) is 0 Å². The maximum absolute atomic E-state index is 6.60. The van der Waals surface area contributed by atoms with E-state index < -0.39 is 0 Å². The summed E-state index contributed by atoms with van der Waals surface area (Å²) in [6.45, 7) is 0. The molecule has 4 aromatic heterocycles. The van der Waals surface area contributed by atoms with Crippen LogP contribution in [-0.4, -0.2) is 0 Å². The monoisotopic (exact) mass is 742 g/mol. The first-order valence-corrected chi connectivity index (χ1v) is 19.5. The Balaban J connectivity index is 0.919. The fourth-order valence-electron chi connectivity index (χ4n) is 9.05. The van der Waals surface area contributed by atoms with E-state index in [0.717, 1.165) is 121 Å². The van der Waals surface area contributed by atoms with E-state index in [0.29, 0.717) is 0 Å². The average Bonchev–Trinajstić information content (AvgIpc) is 4.05. The van der Waals surface area contributed by atoms with Gasteiger partial charge in [-0.25, -0.2) is 0 Å². The molecule has 0 aliphatic carbocycles. The van der Waals surface area contributed by atoms with E-state index >= 15 is 0 Å². The second-order valence-corrected chi connectivity index (χ2v) is 15.2. The maximum atomic E-state index is 6.60. The molecule has 0 aliphatic heterocycles. The molecular formula is C54H30O4. The molecule has 0 N–H and O–H groups in total.